The van der Waals surface area contributed by atoms with E-state index in [1.54, 1.807) is 21.0 Å². The number of ether oxygens (including phenoxy) is 1. The summed E-state index contributed by atoms with van der Waals surface area (Å²) in [4.78, 5) is 0. The van der Waals surface area contributed by atoms with Gasteiger partial charge in [-0.1, -0.05) is 19.1 Å². The van der Waals surface area contributed by atoms with Crippen molar-refractivity contribution in [3.05, 3.63) is 29.8 Å². The fourth-order valence-corrected chi connectivity index (χ4v) is 3.03. The summed E-state index contributed by atoms with van der Waals surface area (Å²) in [7, 11) is -1.49. The number of rotatable bonds is 8. The van der Waals surface area contributed by atoms with E-state index in [0.29, 0.717) is 0 Å². The average molecular weight is 299 g/mol. The summed E-state index contributed by atoms with van der Waals surface area (Å²) < 4.78 is 29.5. The molecular weight excluding hydrogens is 274 g/mol. The lowest BCUT2D eigenvalue weighted by Crippen LogP contribution is -2.31. The highest BCUT2D eigenvalue weighted by atomic mass is 32.2. The number of sulfone groups is 1. The molecule has 20 heavy (non-hydrogen) atoms. The normalized spacial score (nSPS) is 13.4. The molecule has 1 aromatic carbocycles. The number of hydrogen-bond donors (Lipinski definition) is 1. The summed E-state index contributed by atoms with van der Waals surface area (Å²) in [6.45, 7) is 6.29. The smallest absolute Gasteiger partial charge is 0.154 e. The van der Waals surface area contributed by atoms with E-state index in [9.17, 15) is 8.42 Å². The van der Waals surface area contributed by atoms with Crippen LogP contribution in [0.3, 0.4) is 0 Å². The molecule has 0 aliphatic rings. The molecule has 4 nitrogen and oxygen atoms in total. The van der Waals surface area contributed by atoms with E-state index in [4.69, 9.17) is 4.74 Å². The second-order valence-corrected chi connectivity index (χ2v) is 7.76. The third kappa shape index (κ3) is 4.80. The van der Waals surface area contributed by atoms with Gasteiger partial charge >= 0.3 is 0 Å². The molecule has 0 aliphatic carbocycles. The van der Waals surface area contributed by atoms with Crippen molar-refractivity contribution in [2.24, 2.45) is 0 Å². The van der Waals surface area contributed by atoms with Crippen LogP contribution in [0.2, 0.25) is 0 Å². The van der Waals surface area contributed by atoms with Gasteiger partial charge in [-0.15, -0.1) is 0 Å². The Bertz CT molecular complexity index is 512. The van der Waals surface area contributed by atoms with Crippen molar-refractivity contribution in [3.8, 4) is 5.75 Å². The fraction of sp³-hybridized carbons (Fsp3) is 0.600. The molecule has 0 heterocycles. The second kappa shape index (κ2) is 7.64. The quantitative estimate of drug-likeness (QED) is 0.801. The van der Waals surface area contributed by atoms with Crippen molar-refractivity contribution >= 4 is 9.84 Å². The Balaban J connectivity index is 2.99. The Hall–Kier alpha value is -1.07. The second-order valence-electron chi connectivity index (χ2n) is 5.16. The number of hydrogen-bond acceptors (Lipinski definition) is 4. The molecule has 1 atom stereocenters. The van der Waals surface area contributed by atoms with E-state index >= 15 is 0 Å². The van der Waals surface area contributed by atoms with Crippen molar-refractivity contribution in [3.63, 3.8) is 0 Å². The van der Waals surface area contributed by atoms with Gasteiger partial charge in [-0.05, 0) is 44.5 Å². The van der Waals surface area contributed by atoms with Crippen LogP contribution < -0.4 is 10.1 Å². The SMILES string of the molecule is CCCNC(CS(=O)(=O)C(C)C)c1cccc(OC)c1. The molecule has 0 saturated carbocycles. The van der Waals surface area contributed by atoms with Crippen LogP contribution in [0.4, 0.5) is 0 Å². The molecule has 0 fully saturated rings. The third-order valence-corrected chi connectivity index (χ3v) is 5.49. The standard InChI is InChI=1S/C15H25NO3S/c1-5-9-16-15(11-20(17,18)12(2)3)13-7-6-8-14(10-13)19-4/h6-8,10,12,15-16H,5,9,11H2,1-4H3. The van der Waals surface area contributed by atoms with Crippen LogP contribution in [0.15, 0.2) is 24.3 Å². The van der Waals surface area contributed by atoms with E-state index in [1.807, 2.05) is 24.3 Å². The highest BCUT2D eigenvalue weighted by molar-refractivity contribution is 7.92. The van der Waals surface area contributed by atoms with Crippen molar-refractivity contribution in [1.29, 1.82) is 0 Å². The molecule has 0 aromatic heterocycles. The van der Waals surface area contributed by atoms with Gasteiger partial charge in [-0.2, -0.15) is 0 Å². The third-order valence-electron chi connectivity index (χ3n) is 3.25. The van der Waals surface area contributed by atoms with Crippen molar-refractivity contribution < 1.29 is 13.2 Å². The van der Waals surface area contributed by atoms with Gasteiger partial charge in [0.2, 0.25) is 0 Å². The molecule has 0 saturated heterocycles. The Morgan fingerprint density at radius 1 is 1.30 bits per heavy atom. The maximum absolute atomic E-state index is 12.2. The predicted molar refractivity (Wildman–Crippen MR) is 83.0 cm³/mol. The first-order chi connectivity index (χ1) is 9.40. The number of benzene rings is 1. The summed E-state index contributed by atoms with van der Waals surface area (Å²) in [5.74, 6) is 0.852. The maximum Gasteiger partial charge on any atom is 0.154 e. The van der Waals surface area contributed by atoms with Crippen molar-refractivity contribution in [2.75, 3.05) is 19.4 Å². The molecular formula is C15H25NO3S. The zero-order valence-corrected chi connectivity index (χ0v) is 13.5. The minimum absolute atomic E-state index is 0.109. The highest BCUT2D eigenvalue weighted by Crippen LogP contribution is 2.21. The molecule has 1 N–H and O–H groups in total. The Kier molecular flexibility index (Phi) is 6.49. The molecule has 0 aliphatic heterocycles. The van der Waals surface area contributed by atoms with E-state index < -0.39 is 9.84 Å². The zero-order valence-electron chi connectivity index (χ0n) is 12.7. The van der Waals surface area contributed by atoms with Gasteiger partial charge in [0.05, 0.1) is 18.1 Å². The highest BCUT2D eigenvalue weighted by Gasteiger charge is 2.23. The van der Waals surface area contributed by atoms with Crippen molar-refractivity contribution in [1.82, 2.24) is 5.32 Å². The Morgan fingerprint density at radius 3 is 2.55 bits per heavy atom. The topological polar surface area (TPSA) is 55.4 Å². The van der Waals surface area contributed by atoms with Crippen LogP contribution in [0.1, 0.15) is 38.8 Å². The lowest BCUT2D eigenvalue weighted by Gasteiger charge is -2.21. The average Bonchev–Trinajstić information content (AvgIpc) is 2.43. The molecule has 114 valence electrons. The molecule has 1 unspecified atom stereocenters. The first kappa shape index (κ1) is 17.0. The zero-order chi connectivity index (χ0) is 15.2. The Morgan fingerprint density at radius 2 is 2.00 bits per heavy atom. The van der Waals surface area contributed by atoms with Crippen LogP contribution >= 0.6 is 0 Å². The minimum Gasteiger partial charge on any atom is -0.497 e. The van der Waals surface area contributed by atoms with E-state index in [-0.39, 0.29) is 17.0 Å². The lowest BCUT2D eigenvalue weighted by molar-refractivity contribution is 0.413. The van der Waals surface area contributed by atoms with Crippen molar-refractivity contribution in [2.45, 2.75) is 38.5 Å². The molecule has 0 radical (unpaired) electrons. The molecule has 0 spiro atoms. The van der Waals surface area contributed by atoms with Gasteiger partial charge in [0.1, 0.15) is 5.75 Å². The first-order valence-electron chi connectivity index (χ1n) is 6.99. The summed E-state index contributed by atoms with van der Waals surface area (Å²) in [6.07, 6.45) is 0.961. The molecule has 0 bridgehead atoms. The van der Waals surface area contributed by atoms with Gasteiger partial charge in [-0.25, -0.2) is 8.42 Å². The van der Waals surface area contributed by atoms with Crippen LogP contribution in [-0.2, 0) is 9.84 Å². The molecule has 1 aromatic rings. The van der Waals surface area contributed by atoms with Crippen LogP contribution in [0.5, 0.6) is 5.75 Å². The Labute approximate surface area is 122 Å². The molecule has 1 rings (SSSR count). The lowest BCUT2D eigenvalue weighted by atomic mass is 10.1. The van der Waals surface area contributed by atoms with Crippen LogP contribution in [0.25, 0.3) is 0 Å². The fourth-order valence-electron chi connectivity index (χ4n) is 1.87. The van der Waals surface area contributed by atoms with Gasteiger partial charge in [0.15, 0.2) is 9.84 Å². The summed E-state index contributed by atoms with van der Waals surface area (Å²) >= 11 is 0. The first-order valence-corrected chi connectivity index (χ1v) is 8.71. The maximum atomic E-state index is 12.2. The van der Waals surface area contributed by atoms with Crippen LogP contribution in [0, 0.1) is 0 Å². The van der Waals surface area contributed by atoms with Gasteiger partial charge in [0.25, 0.3) is 0 Å². The predicted octanol–water partition coefficient (Wildman–Crippen LogP) is 2.56. The summed E-state index contributed by atoms with van der Waals surface area (Å²) in [6, 6.07) is 7.38. The number of nitrogens with one attached hydrogen (secondary N) is 1. The van der Waals surface area contributed by atoms with E-state index in [2.05, 4.69) is 12.2 Å². The molecule has 0 amide bonds. The molecule has 5 heteroatoms. The minimum atomic E-state index is -3.10. The van der Waals surface area contributed by atoms with E-state index in [0.717, 1.165) is 24.3 Å². The van der Waals surface area contributed by atoms with E-state index in [1.165, 1.54) is 0 Å². The monoisotopic (exact) mass is 299 g/mol. The van der Waals surface area contributed by atoms with Gasteiger partial charge < -0.3 is 10.1 Å². The number of methoxy groups -OCH3 is 1. The van der Waals surface area contributed by atoms with Crippen LogP contribution in [-0.4, -0.2) is 33.1 Å². The largest absolute Gasteiger partial charge is 0.497 e. The van der Waals surface area contributed by atoms with Gasteiger partial charge in [-0.3, -0.25) is 0 Å². The van der Waals surface area contributed by atoms with Gasteiger partial charge in [0, 0.05) is 6.04 Å². The summed E-state index contributed by atoms with van der Waals surface area (Å²) in [5, 5.41) is 2.95. The summed E-state index contributed by atoms with van der Waals surface area (Å²) in [5.41, 5.74) is 0.946.